The van der Waals surface area contributed by atoms with Crippen LogP contribution in [0.5, 0.6) is 0 Å². The third-order valence-electron chi connectivity index (χ3n) is 8.55. The van der Waals surface area contributed by atoms with E-state index in [1.807, 2.05) is 13.8 Å². The SMILES string of the molecule is C[C@H]1[C@H](OC(=O)CCC(=O)NCCc2ccc(F)cc2)O[C@@H]2OC3(C)CC[C@H]4[C@H](C)CC[C@@H]1C24OO3. The number of nitrogens with one attached hydrogen (secondary N) is 1. The summed E-state index contributed by atoms with van der Waals surface area (Å²) in [4.78, 5) is 36.8. The molecule has 5 fully saturated rings. The molecule has 1 aromatic carbocycles. The standard InChI is InChI=1S/C27H36FNO7/c1-16-4-9-21-17(2)24(33-25-27(21)20(16)12-14-26(3,34-25)35-36-27)32-23(31)11-10-22(30)29-15-13-18-5-7-19(28)8-6-18/h5-8,16-17,20-21,24-25H,4,9-15H2,1-3H3,(H,29,30)/t16-,17-,20+,21+,24-,25-,26?,27?/m1/s1. The number of hydrogen-bond donors (Lipinski definition) is 1. The highest BCUT2D eigenvalue weighted by molar-refractivity contribution is 5.81. The van der Waals surface area contributed by atoms with Crippen molar-refractivity contribution in [3.63, 3.8) is 0 Å². The third kappa shape index (κ3) is 4.78. The van der Waals surface area contributed by atoms with Gasteiger partial charge >= 0.3 is 5.97 Å². The zero-order valence-electron chi connectivity index (χ0n) is 21.2. The summed E-state index contributed by atoms with van der Waals surface area (Å²) in [5.74, 6) is -1.27. The van der Waals surface area contributed by atoms with E-state index in [9.17, 15) is 14.0 Å². The van der Waals surface area contributed by atoms with Gasteiger partial charge < -0.3 is 19.5 Å². The van der Waals surface area contributed by atoms with E-state index in [0.29, 0.717) is 25.3 Å². The zero-order chi connectivity index (χ0) is 25.5. The number of halogens is 1. The van der Waals surface area contributed by atoms with Gasteiger partial charge in [-0.25, -0.2) is 14.2 Å². The smallest absolute Gasteiger partial charge is 0.308 e. The lowest BCUT2D eigenvalue weighted by Gasteiger charge is -2.59. The number of fused-ring (bicyclic) bond motifs is 2. The quantitative estimate of drug-likeness (QED) is 0.442. The fourth-order valence-corrected chi connectivity index (χ4v) is 6.50. The average molecular weight is 506 g/mol. The highest BCUT2D eigenvalue weighted by Gasteiger charge is 2.69. The summed E-state index contributed by atoms with van der Waals surface area (Å²) in [7, 11) is 0. The van der Waals surface area contributed by atoms with Gasteiger partial charge in [-0.3, -0.25) is 9.59 Å². The summed E-state index contributed by atoms with van der Waals surface area (Å²) >= 11 is 0. The minimum absolute atomic E-state index is 0.0191. The molecule has 8 nitrogen and oxygen atoms in total. The van der Waals surface area contributed by atoms with Gasteiger partial charge in [-0.05, 0) is 62.1 Å². The first kappa shape index (κ1) is 25.6. The van der Waals surface area contributed by atoms with Gasteiger partial charge in [0.15, 0.2) is 11.9 Å². The van der Waals surface area contributed by atoms with Crippen LogP contribution in [0.15, 0.2) is 24.3 Å². The molecule has 2 unspecified atom stereocenters. The molecule has 36 heavy (non-hydrogen) atoms. The Morgan fingerprint density at radius 3 is 2.64 bits per heavy atom. The fraction of sp³-hybridized carbons (Fsp3) is 0.704. The molecule has 2 bridgehead atoms. The van der Waals surface area contributed by atoms with Gasteiger partial charge in [-0.2, -0.15) is 0 Å². The zero-order valence-corrected chi connectivity index (χ0v) is 21.2. The van der Waals surface area contributed by atoms with Crippen LogP contribution in [0.1, 0.15) is 64.9 Å². The molecule has 4 aliphatic heterocycles. The highest BCUT2D eigenvalue weighted by Crippen LogP contribution is 2.60. The third-order valence-corrected chi connectivity index (χ3v) is 8.55. The van der Waals surface area contributed by atoms with Crippen molar-refractivity contribution in [3.8, 4) is 0 Å². The van der Waals surface area contributed by atoms with Crippen molar-refractivity contribution in [2.45, 2.75) is 89.7 Å². The molecule has 9 heteroatoms. The molecular weight excluding hydrogens is 469 g/mol. The van der Waals surface area contributed by atoms with Crippen LogP contribution in [0.4, 0.5) is 4.39 Å². The van der Waals surface area contributed by atoms with Gasteiger partial charge in [0.1, 0.15) is 5.82 Å². The number of ether oxygens (including phenoxy) is 3. The van der Waals surface area contributed by atoms with Crippen molar-refractivity contribution in [3.05, 3.63) is 35.6 Å². The van der Waals surface area contributed by atoms with Gasteiger partial charge in [0.2, 0.25) is 18.0 Å². The van der Waals surface area contributed by atoms with Crippen LogP contribution in [0.3, 0.4) is 0 Å². The number of carbonyl (C=O) groups is 2. The van der Waals surface area contributed by atoms with Gasteiger partial charge in [0.05, 0.1) is 6.42 Å². The maximum Gasteiger partial charge on any atom is 0.308 e. The second-order valence-corrected chi connectivity index (χ2v) is 11.0. The molecule has 1 aliphatic carbocycles. The van der Waals surface area contributed by atoms with Crippen molar-refractivity contribution in [1.29, 1.82) is 0 Å². The number of rotatable bonds is 7. The van der Waals surface area contributed by atoms with Crippen molar-refractivity contribution < 1.29 is 38.0 Å². The van der Waals surface area contributed by atoms with E-state index >= 15 is 0 Å². The molecular formula is C27H36FNO7. The van der Waals surface area contributed by atoms with Crippen LogP contribution in [-0.2, 0) is 40.0 Å². The van der Waals surface area contributed by atoms with Crippen molar-refractivity contribution in [2.24, 2.45) is 23.7 Å². The van der Waals surface area contributed by atoms with Crippen LogP contribution >= 0.6 is 0 Å². The largest absolute Gasteiger partial charge is 0.435 e. The Morgan fingerprint density at radius 1 is 1.08 bits per heavy atom. The second-order valence-electron chi connectivity index (χ2n) is 11.0. The molecule has 5 aliphatic rings. The number of carbonyl (C=O) groups excluding carboxylic acids is 2. The Labute approximate surface area is 211 Å². The van der Waals surface area contributed by atoms with E-state index in [1.165, 1.54) is 12.1 Å². The van der Waals surface area contributed by atoms with Crippen molar-refractivity contribution in [2.75, 3.05) is 6.54 Å². The molecule has 0 radical (unpaired) electrons. The van der Waals surface area contributed by atoms with Crippen LogP contribution < -0.4 is 5.32 Å². The lowest BCUT2D eigenvalue weighted by atomic mass is 9.58. The van der Waals surface area contributed by atoms with Gasteiger partial charge in [-0.15, -0.1) is 0 Å². The van der Waals surface area contributed by atoms with E-state index < -0.39 is 29.9 Å². The Bertz CT molecular complexity index is 973. The number of benzene rings is 1. The molecule has 1 aromatic rings. The topological polar surface area (TPSA) is 92.3 Å². The number of amides is 1. The molecule has 1 N–H and O–H groups in total. The molecule has 198 valence electrons. The first-order valence-corrected chi connectivity index (χ1v) is 13.1. The molecule has 4 heterocycles. The maximum atomic E-state index is 13.0. The highest BCUT2D eigenvalue weighted by atomic mass is 19.1. The van der Waals surface area contributed by atoms with E-state index in [2.05, 4.69) is 12.2 Å². The summed E-state index contributed by atoms with van der Waals surface area (Å²) in [5.41, 5.74) is 0.217. The summed E-state index contributed by atoms with van der Waals surface area (Å²) in [5, 5.41) is 2.79. The summed E-state index contributed by atoms with van der Waals surface area (Å²) in [6.45, 7) is 6.53. The van der Waals surface area contributed by atoms with E-state index in [-0.39, 0.29) is 42.3 Å². The predicted molar refractivity (Wildman–Crippen MR) is 125 cm³/mol. The fourth-order valence-electron chi connectivity index (χ4n) is 6.50. The van der Waals surface area contributed by atoms with Crippen LogP contribution in [0, 0.1) is 29.5 Å². The molecule has 0 aromatic heterocycles. The van der Waals surface area contributed by atoms with Gasteiger partial charge in [-0.1, -0.05) is 26.0 Å². The second kappa shape index (κ2) is 10.0. The summed E-state index contributed by atoms with van der Waals surface area (Å²) < 4.78 is 31.3. The Balaban J connectivity index is 1.15. The Morgan fingerprint density at radius 2 is 1.86 bits per heavy atom. The van der Waals surface area contributed by atoms with E-state index in [1.54, 1.807) is 12.1 Å². The molecule has 6 rings (SSSR count). The first-order valence-electron chi connectivity index (χ1n) is 13.1. The van der Waals surface area contributed by atoms with Gasteiger partial charge in [0, 0.05) is 31.2 Å². The molecule has 1 saturated carbocycles. The minimum atomic E-state index is -0.890. The number of hydrogen-bond acceptors (Lipinski definition) is 7. The predicted octanol–water partition coefficient (Wildman–Crippen LogP) is 4.02. The molecule has 8 atom stereocenters. The Hall–Kier alpha value is -2.07. The first-order chi connectivity index (χ1) is 17.2. The van der Waals surface area contributed by atoms with Gasteiger partial charge in [0.25, 0.3) is 0 Å². The van der Waals surface area contributed by atoms with Crippen LogP contribution in [0.2, 0.25) is 0 Å². The van der Waals surface area contributed by atoms with E-state index in [4.69, 9.17) is 24.0 Å². The van der Waals surface area contributed by atoms with Crippen molar-refractivity contribution >= 4 is 11.9 Å². The Kier molecular flexibility index (Phi) is 7.11. The normalized spacial score (nSPS) is 39.1. The lowest BCUT2D eigenvalue weighted by Crippen LogP contribution is -2.70. The summed E-state index contributed by atoms with van der Waals surface area (Å²) in [6, 6.07) is 6.15. The van der Waals surface area contributed by atoms with Crippen molar-refractivity contribution in [1.82, 2.24) is 5.32 Å². The van der Waals surface area contributed by atoms with Crippen LogP contribution in [-0.4, -0.2) is 42.4 Å². The van der Waals surface area contributed by atoms with E-state index in [0.717, 1.165) is 24.8 Å². The molecule has 4 saturated heterocycles. The lowest BCUT2D eigenvalue weighted by molar-refractivity contribution is -0.576. The summed E-state index contributed by atoms with van der Waals surface area (Å²) in [6.07, 6.45) is 2.71. The monoisotopic (exact) mass is 505 g/mol. The van der Waals surface area contributed by atoms with Crippen LogP contribution in [0.25, 0.3) is 0 Å². The molecule has 1 spiro atoms. The maximum absolute atomic E-state index is 13.0. The number of esters is 1. The average Bonchev–Trinajstić information content (AvgIpc) is 3.08. The molecule has 1 amide bonds. The minimum Gasteiger partial charge on any atom is -0.435 e.